The predicted molar refractivity (Wildman–Crippen MR) is 77.6 cm³/mol. The van der Waals surface area contributed by atoms with Crippen LogP contribution in [0.25, 0.3) is 0 Å². The van der Waals surface area contributed by atoms with Gasteiger partial charge in [-0.15, -0.1) is 0 Å². The standard InChI is InChI=1S/C13H16N4O3S/c14-8-10-9-15-16-13(10)21(18,19)17-6-3-7-20-12-5-2-1-4-11(12)17/h1-2,4-5,9H,3,6-8,14H2,(H,15,16). The third kappa shape index (κ3) is 2.36. The number of nitrogens with zero attached hydrogens (tertiary/aromatic N) is 2. The molecule has 0 aliphatic carbocycles. The fourth-order valence-electron chi connectivity index (χ4n) is 2.32. The lowest BCUT2D eigenvalue weighted by molar-refractivity contribution is 0.322. The second-order valence-electron chi connectivity index (χ2n) is 4.68. The summed E-state index contributed by atoms with van der Waals surface area (Å²) in [5.74, 6) is 0.562. The number of hydrogen-bond acceptors (Lipinski definition) is 5. The van der Waals surface area contributed by atoms with E-state index in [1.165, 1.54) is 10.5 Å². The van der Waals surface area contributed by atoms with E-state index in [9.17, 15) is 8.42 Å². The molecule has 0 atom stereocenters. The first-order valence-electron chi connectivity index (χ1n) is 6.61. The SMILES string of the molecule is NCc1cn[nH]c1S(=O)(=O)N1CCCOc2ccccc21. The predicted octanol–water partition coefficient (Wildman–Crippen LogP) is 0.846. The maximum atomic E-state index is 12.9. The van der Waals surface area contributed by atoms with Crippen LogP contribution in [-0.4, -0.2) is 31.8 Å². The van der Waals surface area contributed by atoms with Gasteiger partial charge in [0.15, 0.2) is 5.03 Å². The van der Waals surface area contributed by atoms with Crippen molar-refractivity contribution < 1.29 is 13.2 Å². The van der Waals surface area contributed by atoms with E-state index in [0.29, 0.717) is 36.6 Å². The number of ether oxygens (including phenoxy) is 1. The van der Waals surface area contributed by atoms with Crippen molar-refractivity contribution in [1.82, 2.24) is 10.2 Å². The Balaban J connectivity index is 2.11. The normalized spacial score (nSPS) is 15.2. The number of fused-ring (bicyclic) bond motifs is 1. The number of H-pyrrole nitrogens is 1. The summed E-state index contributed by atoms with van der Waals surface area (Å²) in [6.07, 6.45) is 2.05. The Morgan fingerprint density at radius 2 is 2.19 bits per heavy atom. The first-order chi connectivity index (χ1) is 10.1. The summed E-state index contributed by atoms with van der Waals surface area (Å²) in [5.41, 5.74) is 6.58. The molecule has 1 aromatic carbocycles. The van der Waals surface area contributed by atoms with Gasteiger partial charge in [-0.25, -0.2) is 0 Å². The Bertz CT molecular complexity index is 741. The van der Waals surface area contributed by atoms with Gasteiger partial charge in [0, 0.05) is 25.1 Å². The molecule has 2 heterocycles. The summed E-state index contributed by atoms with van der Waals surface area (Å²) >= 11 is 0. The monoisotopic (exact) mass is 308 g/mol. The van der Waals surface area contributed by atoms with Gasteiger partial charge >= 0.3 is 0 Å². The molecule has 0 spiro atoms. The molecule has 1 aromatic heterocycles. The maximum Gasteiger partial charge on any atom is 0.281 e. The fraction of sp³-hybridized carbons (Fsp3) is 0.308. The van der Waals surface area contributed by atoms with Crippen molar-refractivity contribution in [1.29, 1.82) is 0 Å². The van der Waals surface area contributed by atoms with E-state index in [-0.39, 0.29) is 11.6 Å². The molecule has 8 heteroatoms. The topological polar surface area (TPSA) is 101 Å². The van der Waals surface area contributed by atoms with Gasteiger partial charge < -0.3 is 10.5 Å². The number of nitrogens with two attached hydrogens (primary N) is 1. The number of rotatable bonds is 3. The zero-order valence-electron chi connectivity index (χ0n) is 11.3. The quantitative estimate of drug-likeness (QED) is 0.875. The highest BCUT2D eigenvalue weighted by molar-refractivity contribution is 7.92. The molecule has 0 saturated heterocycles. The van der Waals surface area contributed by atoms with Crippen LogP contribution in [0.2, 0.25) is 0 Å². The minimum Gasteiger partial charge on any atom is -0.491 e. The summed E-state index contributed by atoms with van der Waals surface area (Å²) in [7, 11) is -3.74. The summed E-state index contributed by atoms with van der Waals surface area (Å²) in [6.45, 7) is 0.940. The Hall–Kier alpha value is -2.06. The minimum absolute atomic E-state index is 0.0432. The number of anilines is 1. The highest BCUT2D eigenvalue weighted by Gasteiger charge is 2.31. The molecule has 3 N–H and O–H groups in total. The molecule has 0 bridgehead atoms. The molecule has 112 valence electrons. The van der Waals surface area contributed by atoms with Crippen molar-refractivity contribution in [2.45, 2.75) is 18.0 Å². The molecule has 3 rings (SSSR count). The Kier molecular flexibility index (Phi) is 3.56. The number of aromatic nitrogens is 2. The second-order valence-corrected chi connectivity index (χ2v) is 6.47. The van der Waals surface area contributed by atoms with Crippen LogP contribution in [0.5, 0.6) is 5.75 Å². The summed E-state index contributed by atoms with van der Waals surface area (Å²) in [5, 5.41) is 6.38. The van der Waals surface area contributed by atoms with E-state index in [0.717, 1.165) is 0 Å². The van der Waals surface area contributed by atoms with Gasteiger partial charge in [0.25, 0.3) is 10.0 Å². The molecule has 0 radical (unpaired) electrons. The molecular weight excluding hydrogens is 292 g/mol. The van der Waals surface area contributed by atoms with Crippen LogP contribution in [0.1, 0.15) is 12.0 Å². The average Bonchev–Trinajstić information content (AvgIpc) is 2.87. The molecule has 7 nitrogen and oxygen atoms in total. The number of aromatic amines is 1. The van der Waals surface area contributed by atoms with Crippen LogP contribution in [0.15, 0.2) is 35.5 Å². The van der Waals surface area contributed by atoms with Crippen LogP contribution in [-0.2, 0) is 16.6 Å². The molecule has 1 aliphatic heterocycles. The lowest BCUT2D eigenvalue weighted by Gasteiger charge is -2.23. The Morgan fingerprint density at radius 3 is 3.00 bits per heavy atom. The average molecular weight is 308 g/mol. The third-order valence-corrected chi connectivity index (χ3v) is 5.17. The molecular formula is C13H16N4O3S. The first-order valence-corrected chi connectivity index (χ1v) is 8.05. The van der Waals surface area contributed by atoms with E-state index in [1.807, 2.05) is 6.07 Å². The van der Waals surface area contributed by atoms with Gasteiger partial charge in [0.2, 0.25) is 0 Å². The van der Waals surface area contributed by atoms with Gasteiger partial charge in [-0.2, -0.15) is 13.5 Å². The van der Waals surface area contributed by atoms with E-state index in [2.05, 4.69) is 10.2 Å². The molecule has 21 heavy (non-hydrogen) atoms. The van der Waals surface area contributed by atoms with E-state index in [4.69, 9.17) is 10.5 Å². The van der Waals surface area contributed by atoms with Crippen molar-refractivity contribution in [2.75, 3.05) is 17.5 Å². The number of para-hydroxylation sites is 2. The zero-order valence-corrected chi connectivity index (χ0v) is 12.1. The number of sulfonamides is 1. The number of nitrogens with one attached hydrogen (secondary N) is 1. The first kappa shape index (κ1) is 13.9. The minimum atomic E-state index is -3.74. The molecule has 2 aromatic rings. The van der Waals surface area contributed by atoms with Crippen molar-refractivity contribution in [3.63, 3.8) is 0 Å². The van der Waals surface area contributed by atoms with E-state index < -0.39 is 10.0 Å². The van der Waals surface area contributed by atoms with Crippen LogP contribution < -0.4 is 14.8 Å². The highest BCUT2D eigenvalue weighted by Crippen LogP contribution is 2.34. The van der Waals surface area contributed by atoms with Crippen molar-refractivity contribution in [3.05, 3.63) is 36.0 Å². The van der Waals surface area contributed by atoms with E-state index >= 15 is 0 Å². The molecule has 0 fully saturated rings. The van der Waals surface area contributed by atoms with Gasteiger partial charge in [-0.1, -0.05) is 12.1 Å². The van der Waals surface area contributed by atoms with E-state index in [1.54, 1.807) is 18.2 Å². The summed E-state index contributed by atoms with van der Waals surface area (Å²) < 4.78 is 32.7. The van der Waals surface area contributed by atoms with Crippen molar-refractivity contribution in [3.8, 4) is 5.75 Å². The lowest BCUT2D eigenvalue weighted by Crippen LogP contribution is -2.32. The van der Waals surface area contributed by atoms with Crippen LogP contribution in [0, 0.1) is 0 Å². The summed E-state index contributed by atoms with van der Waals surface area (Å²) in [4.78, 5) is 0. The molecule has 1 aliphatic rings. The van der Waals surface area contributed by atoms with Crippen molar-refractivity contribution >= 4 is 15.7 Å². The van der Waals surface area contributed by atoms with Gasteiger partial charge in [0.1, 0.15) is 5.75 Å². The molecule has 0 saturated carbocycles. The number of hydrogen-bond donors (Lipinski definition) is 2. The number of benzene rings is 1. The largest absolute Gasteiger partial charge is 0.491 e. The maximum absolute atomic E-state index is 12.9. The zero-order chi connectivity index (χ0) is 14.9. The lowest BCUT2D eigenvalue weighted by atomic mass is 10.3. The smallest absolute Gasteiger partial charge is 0.281 e. The third-order valence-electron chi connectivity index (χ3n) is 3.34. The molecule has 0 amide bonds. The van der Waals surface area contributed by atoms with Crippen LogP contribution in [0.3, 0.4) is 0 Å². The van der Waals surface area contributed by atoms with Gasteiger partial charge in [-0.05, 0) is 12.1 Å². The summed E-state index contributed by atoms with van der Waals surface area (Å²) in [6, 6.07) is 7.10. The van der Waals surface area contributed by atoms with Crippen LogP contribution in [0.4, 0.5) is 5.69 Å². The second kappa shape index (κ2) is 5.38. The van der Waals surface area contributed by atoms with Crippen molar-refractivity contribution in [2.24, 2.45) is 5.73 Å². The van der Waals surface area contributed by atoms with Gasteiger partial charge in [-0.3, -0.25) is 9.40 Å². The fourth-order valence-corrected chi connectivity index (χ4v) is 3.96. The van der Waals surface area contributed by atoms with Crippen LogP contribution >= 0.6 is 0 Å². The highest BCUT2D eigenvalue weighted by atomic mass is 32.2. The molecule has 0 unspecified atom stereocenters. The Labute approximate surface area is 122 Å². The Morgan fingerprint density at radius 1 is 1.38 bits per heavy atom. The van der Waals surface area contributed by atoms with Gasteiger partial charge in [0.05, 0.1) is 18.5 Å².